The molecule has 8 nitrogen and oxygen atoms in total. The zero-order valence-electron chi connectivity index (χ0n) is 18.5. The van der Waals surface area contributed by atoms with Crippen molar-refractivity contribution in [2.24, 2.45) is 0 Å². The number of carbonyl (C=O) groups is 2. The zero-order chi connectivity index (χ0) is 22.7. The number of pyridine rings is 2. The Morgan fingerprint density at radius 1 is 1.09 bits per heavy atom. The van der Waals surface area contributed by atoms with E-state index in [1.54, 1.807) is 18.5 Å². The summed E-state index contributed by atoms with van der Waals surface area (Å²) in [4.78, 5) is 38.6. The molecule has 0 atom stereocenters. The van der Waals surface area contributed by atoms with E-state index in [9.17, 15) is 9.59 Å². The van der Waals surface area contributed by atoms with Gasteiger partial charge in [-0.1, -0.05) is 24.3 Å². The molecule has 2 aliphatic rings. The Morgan fingerprint density at radius 2 is 1.94 bits per heavy atom. The normalized spacial score (nSPS) is 18.5. The van der Waals surface area contributed by atoms with E-state index in [1.165, 1.54) is 0 Å². The minimum absolute atomic E-state index is 0.0834. The summed E-state index contributed by atoms with van der Waals surface area (Å²) < 4.78 is 0. The van der Waals surface area contributed by atoms with Gasteiger partial charge in [-0.05, 0) is 36.6 Å². The minimum atomic E-state index is -0.453. The molecule has 0 saturated carbocycles. The number of fused-ring (bicyclic) bond motifs is 1. The van der Waals surface area contributed by atoms with E-state index in [0.29, 0.717) is 25.3 Å². The number of nitrogens with one attached hydrogen (secondary N) is 2. The quantitative estimate of drug-likeness (QED) is 0.603. The summed E-state index contributed by atoms with van der Waals surface area (Å²) in [5, 5.41) is 6.95. The number of carbonyl (C=O) groups excluding carboxylic acids is 2. The van der Waals surface area contributed by atoms with Gasteiger partial charge in [0.25, 0.3) is 5.91 Å². The van der Waals surface area contributed by atoms with Gasteiger partial charge >= 0.3 is 0 Å². The topological polar surface area (TPSA) is 90.5 Å². The van der Waals surface area contributed by atoms with Gasteiger partial charge in [0, 0.05) is 56.7 Å². The van der Waals surface area contributed by atoms with Gasteiger partial charge in [-0.2, -0.15) is 0 Å². The molecule has 4 heterocycles. The lowest BCUT2D eigenvalue weighted by molar-refractivity contribution is -0.129. The molecular weight excluding hydrogens is 416 g/mol. The van der Waals surface area contributed by atoms with Crippen molar-refractivity contribution < 1.29 is 9.59 Å². The van der Waals surface area contributed by atoms with Crippen LogP contribution in [0.3, 0.4) is 0 Å². The van der Waals surface area contributed by atoms with Crippen LogP contribution >= 0.6 is 0 Å². The van der Waals surface area contributed by atoms with Gasteiger partial charge in [-0.15, -0.1) is 0 Å². The third-order valence-corrected chi connectivity index (χ3v) is 6.85. The van der Waals surface area contributed by atoms with Gasteiger partial charge in [0.05, 0.1) is 17.7 Å². The highest BCUT2D eigenvalue weighted by molar-refractivity contribution is 6.05. The molecule has 1 aromatic carbocycles. The average molecular weight is 445 g/mol. The van der Waals surface area contributed by atoms with Crippen molar-refractivity contribution in [3.05, 3.63) is 72.2 Å². The van der Waals surface area contributed by atoms with Crippen LogP contribution in [0.25, 0.3) is 10.9 Å². The first-order chi connectivity index (χ1) is 16.2. The summed E-state index contributed by atoms with van der Waals surface area (Å²) in [7, 11) is 0. The SMILES string of the molecule is O=C(NCCN1CCC2(CC1)C(=O)NCN2Cc1cccnc1)c1ccnc2ccccc12. The molecule has 0 radical (unpaired) electrons. The van der Waals surface area contributed by atoms with Crippen molar-refractivity contribution in [3.63, 3.8) is 0 Å². The van der Waals surface area contributed by atoms with E-state index in [4.69, 9.17) is 0 Å². The molecule has 2 N–H and O–H groups in total. The van der Waals surface area contributed by atoms with Crippen molar-refractivity contribution in [2.45, 2.75) is 24.9 Å². The first-order valence-electron chi connectivity index (χ1n) is 11.4. The molecule has 0 unspecified atom stereocenters. The number of hydrogen-bond acceptors (Lipinski definition) is 6. The minimum Gasteiger partial charge on any atom is -0.351 e. The van der Waals surface area contributed by atoms with E-state index in [1.807, 2.05) is 42.6 Å². The second-order valence-electron chi connectivity index (χ2n) is 8.73. The molecule has 170 valence electrons. The molecule has 1 spiro atoms. The van der Waals surface area contributed by atoms with Gasteiger partial charge in [0.1, 0.15) is 5.54 Å². The third kappa shape index (κ3) is 4.31. The van der Waals surface area contributed by atoms with Gasteiger partial charge in [-0.25, -0.2) is 0 Å². The van der Waals surface area contributed by atoms with Crippen LogP contribution in [-0.2, 0) is 11.3 Å². The number of aromatic nitrogens is 2. The smallest absolute Gasteiger partial charge is 0.252 e. The summed E-state index contributed by atoms with van der Waals surface area (Å²) >= 11 is 0. The van der Waals surface area contributed by atoms with Gasteiger partial charge in [0.15, 0.2) is 0 Å². The van der Waals surface area contributed by atoms with E-state index < -0.39 is 5.54 Å². The molecule has 2 amide bonds. The largest absolute Gasteiger partial charge is 0.351 e. The monoisotopic (exact) mass is 444 g/mol. The van der Waals surface area contributed by atoms with E-state index in [-0.39, 0.29) is 11.8 Å². The van der Waals surface area contributed by atoms with Crippen LogP contribution < -0.4 is 10.6 Å². The Kier molecular flexibility index (Phi) is 6.02. The number of para-hydroxylation sites is 1. The first-order valence-corrected chi connectivity index (χ1v) is 11.4. The summed E-state index contributed by atoms with van der Waals surface area (Å²) in [5.41, 5.74) is 2.12. The Bertz CT molecular complexity index is 1140. The average Bonchev–Trinajstić information content (AvgIpc) is 3.15. The molecule has 2 saturated heterocycles. The highest BCUT2D eigenvalue weighted by Gasteiger charge is 2.49. The number of likely N-dealkylation sites (tertiary alicyclic amines) is 1. The summed E-state index contributed by atoms with van der Waals surface area (Å²) in [5.74, 6) is 0.0452. The van der Waals surface area contributed by atoms with Crippen LogP contribution in [0.5, 0.6) is 0 Å². The van der Waals surface area contributed by atoms with Crippen LogP contribution in [0.1, 0.15) is 28.8 Å². The molecular formula is C25H28N6O2. The predicted octanol–water partition coefficient (Wildman–Crippen LogP) is 1.78. The first kappa shape index (κ1) is 21.5. The zero-order valence-corrected chi connectivity index (χ0v) is 18.5. The molecule has 0 aliphatic carbocycles. The van der Waals surface area contributed by atoms with Crippen molar-refractivity contribution in [3.8, 4) is 0 Å². The second-order valence-corrected chi connectivity index (χ2v) is 8.73. The molecule has 3 aromatic rings. The van der Waals surface area contributed by atoms with Gasteiger partial charge in [-0.3, -0.25) is 24.5 Å². The lowest BCUT2D eigenvalue weighted by Crippen LogP contribution is -2.56. The van der Waals surface area contributed by atoms with Crippen LogP contribution in [0.4, 0.5) is 0 Å². The molecule has 2 aliphatic heterocycles. The van der Waals surface area contributed by atoms with Crippen LogP contribution in [0, 0.1) is 0 Å². The highest BCUT2D eigenvalue weighted by Crippen LogP contribution is 2.33. The van der Waals surface area contributed by atoms with Crippen molar-refractivity contribution >= 4 is 22.7 Å². The standard InChI is InChI=1S/C25H28N6O2/c32-23(21-7-11-27-22-6-2-1-5-20(21)22)28-12-15-30-13-8-25(9-14-30)24(33)29-18-31(25)17-19-4-3-10-26-16-19/h1-7,10-11,16H,8-9,12-15,17-18H2,(H,28,32)(H,29,33). The number of benzene rings is 1. The van der Waals surface area contributed by atoms with E-state index in [2.05, 4.69) is 30.4 Å². The van der Waals surface area contributed by atoms with Gasteiger partial charge < -0.3 is 15.5 Å². The molecule has 5 rings (SSSR count). The maximum absolute atomic E-state index is 12.8. The fourth-order valence-electron chi connectivity index (χ4n) is 4.95. The van der Waals surface area contributed by atoms with Crippen molar-refractivity contribution in [1.82, 2.24) is 30.4 Å². The number of hydrogen-bond donors (Lipinski definition) is 2. The fraction of sp³-hybridized carbons (Fsp3) is 0.360. The molecule has 2 aromatic heterocycles. The number of nitrogens with zero attached hydrogens (tertiary/aromatic N) is 4. The van der Waals surface area contributed by atoms with Gasteiger partial charge in [0.2, 0.25) is 5.91 Å². The Morgan fingerprint density at radius 3 is 2.76 bits per heavy atom. The molecule has 2 fully saturated rings. The lowest BCUT2D eigenvalue weighted by Gasteiger charge is -2.42. The summed E-state index contributed by atoms with van der Waals surface area (Å²) in [6.07, 6.45) is 6.86. The van der Waals surface area contributed by atoms with Crippen LogP contribution in [0.15, 0.2) is 61.1 Å². The van der Waals surface area contributed by atoms with Crippen LogP contribution in [-0.4, -0.2) is 70.0 Å². The maximum Gasteiger partial charge on any atom is 0.252 e. The summed E-state index contributed by atoms with van der Waals surface area (Å²) in [6, 6.07) is 13.4. The van der Waals surface area contributed by atoms with Crippen LogP contribution in [0.2, 0.25) is 0 Å². The predicted molar refractivity (Wildman–Crippen MR) is 125 cm³/mol. The Labute approximate surface area is 193 Å². The van der Waals surface area contributed by atoms with Crippen molar-refractivity contribution in [1.29, 1.82) is 0 Å². The molecule has 33 heavy (non-hydrogen) atoms. The molecule has 8 heteroatoms. The Balaban J connectivity index is 1.15. The number of amides is 2. The lowest BCUT2D eigenvalue weighted by atomic mass is 9.86. The van der Waals surface area contributed by atoms with Crippen molar-refractivity contribution in [2.75, 3.05) is 32.8 Å². The fourth-order valence-corrected chi connectivity index (χ4v) is 4.95. The maximum atomic E-state index is 12.8. The number of piperidine rings is 1. The number of rotatable bonds is 6. The summed E-state index contributed by atoms with van der Waals surface area (Å²) in [6.45, 7) is 4.26. The Hall–Kier alpha value is -3.36. The second kappa shape index (κ2) is 9.25. The van der Waals surface area contributed by atoms with E-state index >= 15 is 0 Å². The third-order valence-electron chi connectivity index (χ3n) is 6.85. The molecule has 0 bridgehead atoms. The van der Waals surface area contributed by atoms with E-state index in [0.717, 1.165) is 48.9 Å². The highest BCUT2D eigenvalue weighted by atomic mass is 16.2.